The topological polar surface area (TPSA) is 57.3 Å². The number of carbonyl (C=O) groups excluding carboxylic acids is 1. The first kappa shape index (κ1) is 14.4. The van der Waals surface area contributed by atoms with Crippen molar-refractivity contribution in [3.8, 4) is 0 Å². The Labute approximate surface area is 109 Å². The second-order valence-electron chi connectivity index (χ2n) is 4.47. The molecule has 0 aliphatic carbocycles. The first-order valence-corrected chi connectivity index (χ1v) is 6.20. The molecule has 1 aromatic rings. The van der Waals surface area contributed by atoms with Gasteiger partial charge in [-0.25, -0.2) is 4.98 Å². The van der Waals surface area contributed by atoms with E-state index in [1.807, 2.05) is 45.0 Å². The lowest BCUT2D eigenvalue weighted by molar-refractivity contribution is -0.119. The van der Waals surface area contributed by atoms with Crippen molar-refractivity contribution in [3.05, 3.63) is 18.3 Å². The van der Waals surface area contributed by atoms with Gasteiger partial charge >= 0.3 is 0 Å². The van der Waals surface area contributed by atoms with Crippen LogP contribution in [0.25, 0.3) is 0 Å². The smallest absolute Gasteiger partial charge is 0.228 e. The van der Waals surface area contributed by atoms with Crippen molar-refractivity contribution in [1.82, 2.24) is 10.3 Å². The minimum atomic E-state index is -0.0693. The Balaban J connectivity index is 2.69. The Morgan fingerprint density at radius 3 is 2.83 bits per heavy atom. The molecule has 0 saturated carbocycles. The van der Waals surface area contributed by atoms with Gasteiger partial charge in [-0.3, -0.25) is 4.79 Å². The number of aromatic nitrogens is 1. The normalized spacial score (nSPS) is 12.0. The molecule has 5 nitrogen and oxygen atoms in total. The maximum absolute atomic E-state index is 12.0. The van der Waals surface area contributed by atoms with Crippen molar-refractivity contribution >= 4 is 17.4 Å². The molecule has 0 aromatic carbocycles. The predicted octanol–water partition coefficient (Wildman–Crippen LogP) is 1.33. The van der Waals surface area contributed by atoms with E-state index in [4.69, 9.17) is 0 Å². The van der Waals surface area contributed by atoms with Gasteiger partial charge in [-0.2, -0.15) is 0 Å². The van der Waals surface area contributed by atoms with Crippen molar-refractivity contribution in [2.24, 2.45) is 5.92 Å². The summed E-state index contributed by atoms with van der Waals surface area (Å²) in [7, 11) is 3.81. The number of hydrogen-bond donors (Lipinski definition) is 2. The summed E-state index contributed by atoms with van der Waals surface area (Å²) >= 11 is 0. The van der Waals surface area contributed by atoms with Crippen LogP contribution < -0.4 is 15.5 Å². The summed E-state index contributed by atoms with van der Waals surface area (Å²) in [6.45, 7) is 5.48. The van der Waals surface area contributed by atoms with Gasteiger partial charge in [-0.15, -0.1) is 0 Å². The minimum absolute atomic E-state index is 0.00653. The number of nitrogens with zero attached hydrogens (tertiary/aromatic N) is 2. The third-order valence-electron chi connectivity index (χ3n) is 2.62. The molecular formula is C13H22N4O. The molecule has 0 aliphatic rings. The molecule has 100 valence electrons. The molecule has 1 atom stereocenters. The average Bonchev–Trinajstić information content (AvgIpc) is 2.36. The average molecular weight is 250 g/mol. The number of rotatable bonds is 6. The summed E-state index contributed by atoms with van der Waals surface area (Å²) in [6.07, 6.45) is 1.72. The number of hydrogen-bond acceptors (Lipinski definition) is 4. The largest absolute Gasteiger partial charge is 0.361 e. The van der Waals surface area contributed by atoms with E-state index in [2.05, 4.69) is 15.6 Å². The fraction of sp³-hybridized carbons (Fsp3) is 0.538. The summed E-state index contributed by atoms with van der Waals surface area (Å²) in [5.41, 5.74) is 0.746. The van der Waals surface area contributed by atoms with E-state index in [9.17, 15) is 4.79 Å². The molecule has 1 rings (SSSR count). The van der Waals surface area contributed by atoms with Gasteiger partial charge in [0.25, 0.3) is 0 Å². The van der Waals surface area contributed by atoms with Gasteiger partial charge in [-0.05, 0) is 18.7 Å². The SMILES string of the molecule is CCNCC(C)C(=O)Nc1cccnc1N(C)C. The summed E-state index contributed by atoms with van der Waals surface area (Å²) in [5, 5.41) is 6.08. The maximum atomic E-state index is 12.0. The zero-order valence-electron chi connectivity index (χ0n) is 11.5. The van der Waals surface area contributed by atoms with Crippen molar-refractivity contribution < 1.29 is 4.79 Å². The molecule has 0 spiro atoms. The van der Waals surface area contributed by atoms with Gasteiger partial charge in [0, 0.05) is 32.8 Å². The molecule has 1 unspecified atom stereocenters. The lowest BCUT2D eigenvalue weighted by Crippen LogP contribution is -2.30. The van der Waals surface area contributed by atoms with E-state index in [1.54, 1.807) is 6.20 Å². The zero-order valence-corrected chi connectivity index (χ0v) is 11.5. The Hall–Kier alpha value is -1.62. The van der Waals surface area contributed by atoms with Crippen LogP contribution in [0.15, 0.2) is 18.3 Å². The third-order valence-corrected chi connectivity index (χ3v) is 2.62. The van der Waals surface area contributed by atoms with Gasteiger partial charge < -0.3 is 15.5 Å². The molecule has 0 saturated heterocycles. The molecule has 1 aromatic heterocycles. The van der Waals surface area contributed by atoms with E-state index in [-0.39, 0.29) is 11.8 Å². The van der Waals surface area contributed by atoms with Gasteiger partial charge in [0.05, 0.1) is 5.69 Å². The Kier molecular flexibility index (Phi) is 5.58. The van der Waals surface area contributed by atoms with Gasteiger partial charge in [-0.1, -0.05) is 13.8 Å². The quantitative estimate of drug-likeness (QED) is 0.800. The molecule has 1 heterocycles. The second kappa shape index (κ2) is 6.96. The minimum Gasteiger partial charge on any atom is -0.361 e. The van der Waals surface area contributed by atoms with E-state index in [1.165, 1.54) is 0 Å². The highest BCUT2D eigenvalue weighted by atomic mass is 16.1. The second-order valence-corrected chi connectivity index (χ2v) is 4.47. The van der Waals surface area contributed by atoms with Gasteiger partial charge in [0.1, 0.15) is 0 Å². The van der Waals surface area contributed by atoms with Crippen LogP contribution in [-0.2, 0) is 4.79 Å². The van der Waals surface area contributed by atoms with Crippen LogP contribution in [0.4, 0.5) is 11.5 Å². The Morgan fingerprint density at radius 1 is 1.50 bits per heavy atom. The first-order valence-electron chi connectivity index (χ1n) is 6.20. The van der Waals surface area contributed by atoms with Crippen LogP contribution >= 0.6 is 0 Å². The standard InChI is InChI=1S/C13H22N4O/c1-5-14-9-10(2)13(18)16-11-7-6-8-15-12(11)17(3)4/h6-8,10,14H,5,9H2,1-4H3,(H,16,18). The fourth-order valence-corrected chi connectivity index (χ4v) is 1.56. The Bertz CT molecular complexity index is 392. The monoisotopic (exact) mass is 250 g/mol. The van der Waals surface area contributed by atoms with E-state index in [0.717, 1.165) is 18.1 Å². The first-order chi connectivity index (χ1) is 8.56. The van der Waals surface area contributed by atoms with Crippen LogP contribution in [0.3, 0.4) is 0 Å². The van der Waals surface area contributed by atoms with Crippen LogP contribution in [0, 0.1) is 5.92 Å². The molecule has 1 amide bonds. The zero-order chi connectivity index (χ0) is 13.5. The van der Waals surface area contributed by atoms with Crippen LogP contribution in [0.1, 0.15) is 13.8 Å². The maximum Gasteiger partial charge on any atom is 0.228 e. The molecule has 2 N–H and O–H groups in total. The lowest BCUT2D eigenvalue weighted by atomic mass is 10.1. The van der Waals surface area contributed by atoms with E-state index >= 15 is 0 Å². The number of nitrogens with one attached hydrogen (secondary N) is 2. The van der Waals surface area contributed by atoms with Crippen LogP contribution in [0.5, 0.6) is 0 Å². The molecule has 0 bridgehead atoms. The number of carbonyl (C=O) groups is 1. The molecule has 0 aliphatic heterocycles. The summed E-state index contributed by atoms with van der Waals surface area (Å²) in [6, 6.07) is 3.68. The molecule has 5 heteroatoms. The molecule has 18 heavy (non-hydrogen) atoms. The number of amides is 1. The summed E-state index contributed by atoms with van der Waals surface area (Å²) in [5.74, 6) is 0.703. The van der Waals surface area contributed by atoms with Gasteiger partial charge in [0.15, 0.2) is 5.82 Å². The molecular weight excluding hydrogens is 228 g/mol. The van der Waals surface area contributed by atoms with E-state index in [0.29, 0.717) is 6.54 Å². The van der Waals surface area contributed by atoms with Crippen molar-refractivity contribution in [3.63, 3.8) is 0 Å². The van der Waals surface area contributed by atoms with Crippen molar-refractivity contribution in [2.75, 3.05) is 37.4 Å². The van der Waals surface area contributed by atoms with Crippen molar-refractivity contribution in [2.45, 2.75) is 13.8 Å². The van der Waals surface area contributed by atoms with Crippen LogP contribution in [0.2, 0.25) is 0 Å². The van der Waals surface area contributed by atoms with Gasteiger partial charge in [0.2, 0.25) is 5.91 Å². The fourth-order valence-electron chi connectivity index (χ4n) is 1.56. The highest BCUT2D eigenvalue weighted by Crippen LogP contribution is 2.20. The number of anilines is 2. The molecule has 0 fully saturated rings. The molecule has 0 radical (unpaired) electrons. The Morgan fingerprint density at radius 2 is 2.22 bits per heavy atom. The van der Waals surface area contributed by atoms with E-state index < -0.39 is 0 Å². The lowest BCUT2D eigenvalue weighted by Gasteiger charge is -2.18. The highest BCUT2D eigenvalue weighted by Gasteiger charge is 2.14. The highest BCUT2D eigenvalue weighted by molar-refractivity contribution is 5.95. The van der Waals surface area contributed by atoms with Crippen LogP contribution in [-0.4, -0.2) is 38.1 Å². The number of pyridine rings is 1. The summed E-state index contributed by atoms with van der Waals surface area (Å²) < 4.78 is 0. The predicted molar refractivity (Wildman–Crippen MR) is 74.9 cm³/mol. The van der Waals surface area contributed by atoms with Crippen molar-refractivity contribution in [1.29, 1.82) is 0 Å². The third kappa shape index (κ3) is 4.00. The summed E-state index contributed by atoms with van der Waals surface area (Å²) in [4.78, 5) is 18.1.